The number of nitrogens with zero attached hydrogens (tertiary/aromatic N) is 1. The van der Waals surface area contributed by atoms with E-state index in [0.29, 0.717) is 19.8 Å². The highest BCUT2D eigenvalue weighted by Crippen LogP contribution is 2.17. The highest BCUT2D eigenvalue weighted by Gasteiger charge is 2.27. The number of carbonyl (C=O) groups excluding carboxylic acids is 1. The molecule has 1 saturated heterocycles. The van der Waals surface area contributed by atoms with Crippen LogP contribution in [0.4, 0.5) is 0 Å². The van der Waals surface area contributed by atoms with Crippen LogP contribution in [-0.2, 0) is 14.3 Å². The van der Waals surface area contributed by atoms with Crippen LogP contribution in [0.2, 0.25) is 0 Å². The van der Waals surface area contributed by atoms with E-state index < -0.39 is 5.97 Å². The first-order valence-electron chi connectivity index (χ1n) is 5.44. The van der Waals surface area contributed by atoms with E-state index in [1.54, 1.807) is 4.90 Å². The minimum absolute atomic E-state index is 0.0888. The summed E-state index contributed by atoms with van der Waals surface area (Å²) in [6, 6.07) is 0.0888. The summed E-state index contributed by atoms with van der Waals surface area (Å²) in [6.45, 7) is 3.75. The summed E-state index contributed by atoms with van der Waals surface area (Å²) in [5, 5.41) is 8.43. The lowest BCUT2D eigenvalue weighted by Gasteiger charge is -2.22. The van der Waals surface area contributed by atoms with Crippen LogP contribution in [0.1, 0.15) is 19.8 Å². The molecule has 1 aliphatic rings. The van der Waals surface area contributed by atoms with E-state index >= 15 is 0 Å². The maximum absolute atomic E-state index is 11.6. The Kier molecular flexibility index (Phi) is 4.98. The second-order valence-electron chi connectivity index (χ2n) is 3.66. The Hall–Kier alpha value is -1.36. The number of likely N-dealkylation sites (tertiary alicyclic amines) is 1. The van der Waals surface area contributed by atoms with Gasteiger partial charge in [0.05, 0.1) is 12.6 Å². The van der Waals surface area contributed by atoms with Crippen molar-refractivity contribution < 1.29 is 19.4 Å². The molecule has 5 heteroatoms. The average molecular weight is 227 g/mol. The van der Waals surface area contributed by atoms with Crippen LogP contribution in [0.3, 0.4) is 0 Å². The third-order valence-corrected chi connectivity index (χ3v) is 2.54. The number of hydrogen-bond acceptors (Lipinski definition) is 3. The molecule has 1 fully saturated rings. The van der Waals surface area contributed by atoms with Gasteiger partial charge in [0.2, 0.25) is 5.91 Å². The lowest BCUT2D eigenvalue weighted by molar-refractivity contribution is -0.132. The molecule has 1 heterocycles. The van der Waals surface area contributed by atoms with Gasteiger partial charge >= 0.3 is 5.97 Å². The standard InChI is InChI=1S/C11H17NO4/c1-2-16-8-9-4-3-7-12(9)10(13)5-6-11(14)15/h5-6,9H,2-4,7-8H2,1H3,(H,14,15)/b6-5+/t9-/m1/s1. The molecule has 1 N–H and O–H groups in total. The molecule has 5 nitrogen and oxygen atoms in total. The number of hydrogen-bond donors (Lipinski definition) is 1. The monoisotopic (exact) mass is 227 g/mol. The van der Waals surface area contributed by atoms with E-state index in [4.69, 9.17) is 9.84 Å². The summed E-state index contributed by atoms with van der Waals surface area (Å²) in [7, 11) is 0. The van der Waals surface area contributed by atoms with E-state index in [0.717, 1.165) is 25.0 Å². The molecule has 90 valence electrons. The molecule has 0 spiro atoms. The first-order valence-corrected chi connectivity index (χ1v) is 5.44. The van der Waals surface area contributed by atoms with Crippen LogP contribution in [0.15, 0.2) is 12.2 Å². The SMILES string of the molecule is CCOC[C@H]1CCCN1C(=O)/C=C/C(=O)O. The van der Waals surface area contributed by atoms with E-state index in [9.17, 15) is 9.59 Å². The molecular weight excluding hydrogens is 210 g/mol. The van der Waals surface area contributed by atoms with Gasteiger partial charge in [-0.05, 0) is 19.8 Å². The average Bonchev–Trinajstić information content (AvgIpc) is 2.71. The summed E-state index contributed by atoms with van der Waals surface area (Å²) >= 11 is 0. The second kappa shape index (κ2) is 6.27. The van der Waals surface area contributed by atoms with E-state index in [2.05, 4.69) is 0 Å². The van der Waals surface area contributed by atoms with Crippen molar-refractivity contribution in [1.29, 1.82) is 0 Å². The van der Waals surface area contributed by atoms with Gasteiger partial charge in [-0.2, -0.15) is 0 Å². The van der Waals surface area contributed by atoms with Crippen LogP contribution in [0, 0.1) is 0 Å². The third-order valence-electron chi connectivity index (χ3n) is 2.54. The van der Waals surface area contributed by atoms with Gasteiger partial charge in [0, 0.05) is 25.3 Å². The molecule has 0 radical (unpaired) electrons. The third kappa shape index (κ3) is 3.66. The molecule has 0 aliphatic carbocycles. The van der Waals surface area contributed by atoms with Crippen molar-refractivity contribution in [2.75, 3.05) is 19.8 Å². The number of rotatable bonds is 5. The van der Waals surface area contributed by atoms with Gasteiger partial charge < -0.3 is 14.7 Å². The number of carboxylic acids is 1. The van der Waals surface area contributed by atoms with Crippen LogP contribution >= 0.6 is 0 Å². The van der Waals surface area contributed by atoms with Crippen LogP contribution < -0.4 is 0 Å². The highest BCUT2D eigenvalue weighted by atomic mass is 16.5. The summed E-state index contributed by atoms with van der Waals surface area (Å²) < 4.78 is 5.29. The normalized spacial score (nSPS) is 20.6. The molecule has 0 bridgehead atoms. The minimum atomic E-state index is -1.10. The lowest BCUT2D eigenvalue weighted by Crippen LogP contribution is -2.37. The predicted molar refractivity (Wildman–Crippen MR) is 58.0 cm³/mol. The highest BCUT2D eigenvalue weighted by molar-refractivity contribution is 5.94. The summed E-state index contributed by atoms with van der Waals surface area (Å²) in [5.41, 5.74) is 0. The maximum Gasteiger partial charge on any atom is 0.328 e. The smallest absolute Gasteiger partial charge is 0.328 e. The van der Waals surface area contributed by atoms with E-state index in [-0.39, 0.29) is 11.9 Å². The van der Waals surface area contributed by atoms with Gasteiger partial charge in [-0.15, -0.1) is 0 Å². The predicted octanol–water partition coefficient (Wildman–Crippen LogP) is 0.655. The fraction of sp³-hybridized carbons (Fsp3) is 0.636. The zero-order valence-corrected chi connectivity index (χ0v) is 9.39. The van der Waals surface area contributed by atoms with Crippen molar-refractivity contribution in [3.05, 3.63) is 12.2 Å². The number of amides is 1. The maximum atomic E-state index is 11.6. The van der Waals surface area contributed by atoms with Gasteiger partial charge in [0.1, 0.15) is 0 Å². The molecular formula is C11H17NO4. The van der Waals surface area contributed by atoms with Gasteiger partial charge in [-0.25, -0.2) is 4.79 Å². The Morgan fingerprint density at radius 2 is 2.25 bits per heavy atom. The van der Waals surface area contributed by atoms with Crippen LogP contribution in [0.5, 0.6) is 0 Å². The van der Waals surface area contributed by atoms with Crippen LogP contribution in [0.25, 0.3) is 0 Å². The van der Waals surface area contributed by atoms with Gasteiger partial charge in [0.15, 0.2) is 0 Å². The number of aliphatic carboxylic acids is 1. The summed E-state index contributed by atoms with van der Waals surface area (Å²) in [4.78, 5) is 23.6. The van der Waals surface area contributed by atoms with Crippen molar-refractivity contribution in [2.45, 2.75) is 25.8 Å². The topological polar surface area (TPSA) is 66.8 Å². The molecule has 0 aromatic heterocycles. The van der Waals surface area contributed by atoms with Crippen molar-refractivity contribution >= 4 is 11.9 Å². The Bertz CT molecular complexity index is 288. The lowest BCUT2D eigenvalue weighted by atomic mass is 10.2. The summed E-state index contributed by atoms with van der Waals surface area (Å²) in [5.74, 6) is -1.35. The Morgan fingerprint density at radius 1 is 1.50 bits per heavy atom. The molecule has 0 aromatic carbocycles. The zero-order valence-electron chi connectivity index (χ0n) is 9.39. The van der Waals surface area contributed by atoms with Crippen molar-refractivity contribution in [3.63, 3.8) is 0 Å². The van der Waals surface area contributed by atoms with E-state index in [1.807, 2.05) is 6.92 Å². The van der Waals surface area contributed by atoms with Gasteiger partial charge in [-0.1, -0.05) is 0 Å². The fourth-order valence-corrected chi connectivity index (χ4v) is 1.79. The largest absolute Gasteiger partial charge is 0.478 e. The molecule has 16 heavy (non-hydrogen) atoms. The minimum Gasteiger partial charge on any atom is -0.478 e. The first kappa shape index (κ1) is 12.7. The second-order valence-corrected chi connectivity index (χ2v) is 3.66. The zero-order chi connectivity index (χ0) is 12.0. The molecule has 0 unspecified atom stereocenters. The molecule has 0 saturated carbocycles. The molecule has 0 aromatic rings. The van der Waals surface area contributed by atoms with Gasteiger partial charge in [0.25, 0.3) is 0 Å². The Morgan fingerprint density at radius 3 is 2.88 bits per heavy atom. The van der Waals surface area contributed by atoms with Crippen LogP contribution in [-0.4, -0.2) is 47.7 Å². The van der Waals surface area contributed by atoms with Crippen molar-refractivity contribution in [1.82, 2.24) is 4.90 Å². The number of ether oxygens (including phenoxy) is 1. The molecule has 1 amide bonds. The van der Waals surface area contributed by atoms with Crippen molar-refractivity contribution in [2.24, 2.45) is 0 Å². The van der Waals surface area contributed by atoms with Gasteiger partial charge in [-0.3, -0.25) is 4.79 Å². The number of carboxylic acid groups (broad SMARTS) is 1. The summed E-state index contributed by atoms with van der Waals surface area (Å²) in [6.07, 6.45) is 3.85. The fourth-order valence-electron chi connectivity index (χ4n) is 1.79. The molecule has 1 rings (SSSR count). The Labute approximate surface area is 94.7 Å². The molecule has 1 aliphatic heterocycles. The quantitative estimate of drug-likeness (QED) is 0.700. The molecule has 1 atom stereocenters. The van der Waals surface area contributed by atoms with Crippen molar-refractivity contribution in [3.8, 4) is 0 Å². The van der Waals surface area contributed by atoms with E-state index in [1.165, 1.54) is 0 Å². The Balaban J connectivity index is 2.50. The number of carbonyl (C=O) groups is 2. The first-order chi connectivity index (χ1) is 7.65.